The lowest BCUT2D eigenvalue weighted by Crippen LogP contribution is -2.17. The number of halogens is 2. The summed E-state index contributed by atoms with van der Waals surface area (Å²) in [6, 6.07) is 4.29. The van der Waals surface area contributed by atoms with Gasteiger partial charge in [-0.05, 0) is 31.0 Å². The molecule has 0 amide bonds. The maximum absolute atomic E-state index is 13.1. The first-order valence-electron chi connectivity index (χ1n) is 4.85. The van der Waals surface area contributed by atoms with Crippen LogP contribution in [0.15, 0.2) is 18.2 Å². The van der Waals surface area contributed by atoms with Gasteiger partial charge in [0.05, 0.1) is 0 Å². The molecule has 2 N–H and O–H groups in total. The Balaban J connectivity index is 2.75. The predicted molar refractivity (Wildman–Crippen MR) is 55.2 cm³/mol. The third kappa shape index (κ3) is 4.25. The highest BCUT2D eigenvalue weighted by atomic mass is 19.1. The third-order valence-electron chi connectivity index (χ3n) is 1.83. The van der Waals surface area contributed by atoms with Crippen molar-refractivity contribution in [2.24, 2.45) is 5.73 Å². The van der Waals surface area contributed by atoms with Gasteiger partial charge >= 0.3 is 0 Å². The normalized spacial score (nSPS) is 12.5. The van der Waals surface area contributed by atoms with Crippen molar-refractivity contribution < 1.29 is 13.5 Å². The van der Waals surface area contributed by atoms with Crippen LogP contribution in [0.2, 0.25) is 0 Å². The molecule has 15 heavy (non-hydrogen) atoms. The van der Waals surface area contributed by atoms with Crippen molar-refractivity contribution in [1.82, 2.24) is 0 Å². The number of hydrogen-bond acceptors (Lipinski definition) is 2. The fourth-order valence-corrected chi connectivity index (χ4v) is 1.35. The highest BCUT2D eigenvalue weighted by molar-refractivity contribution is 5.30. The Morgan fingerprint density at radius 2 is 2.13 bits per heavy atom. The zero-order chi connectivity index (χ0) is 11.3. The molecule has 1 unspecified atom stereocenters. The van der Waals surface area contributed by atoms with Crippen LogP contribution in [0.4, 0.5) is 8.78 Å². The molecule has 1 rings (SSSR count). The molecule has 1 aromatic rings. The average Bonchev–Trinajstić information content (AvgIpc) is 2.12. The Bertz CT molecular complexity index is 315. The highest BCUT2D eigenvalue weighted by Crippen LogP contribution is 2.17. The van der Waals surface area contributed by atoms with Crippen molar-refractivity contribution >= 4 is 0 Å². The Labute approximate surface area is 88.0 Å². The highest BCUT2D eigenvalue weighted by Gasteiger charge is 2.04. The topological polar surface area (TPSA) is 35.2 Å². The Hall–Kier alpha value is -1.16. The van der Waals surface area contributed by atoms with Crippen LogP contribution < -0.4 is 10.5 Å². The van der Waals surface area contributed by atoms with Crippen molar-refractivity contribution in [2.75, 3.05) is 13.3 Å². The third-order valence-corrected chi connectivity index (χ3v) is 1.83. The van der Waals surface area contributed by atoms with Crippen molar-refractivity contribution in [3.05, 3.63) is 29.6 Å². The van der Waals surface area contributed by atoms with Gasteiger partial charge in [0.25, 0.3) is 0 Å². The van der Waals surface area contributed by atoms with Gasteiger partial charge in [0.2, 0.25) is 0 Å². The summed E-state index contributed by atoms with van der Waals surface area (Å²) in [7, 11) is 0. The maximum atomic E-state index is 13.1. The predicted octanol–water partition coefficient (Wildman–Crippen LogP) is 2.06. The van der Waals surface area contributed by atoms with Crippen molar-refractivity contribution in [3.63, 3.8) is 0 Å². The quantitative estimate of drug-likeness (QED) is 0.816. The largest absolute Gasteiger partial charge is 0.491 e. The maximum Gasteiger partial charge on any atom is 0.127 e. The number of alkyl halides is 1. The minimum atomic E-state index is -0.584. The van der Waals surface area contributed by atoms with E-state index in [0.29, 0.717) is 12.2 Å². The Morgan fingerprint density at radius 3 is 2.73 bits per heavy atom. The summed E-state index contributed by atoms with van der Waals surface area (Å²) in [5.41, 5.74) is 6.36. The summed E-state index contributed by atoms with van der Waals surface area (Å²) in [4.78, 5) is 0. The Morgan fingerprint density at radius 1 is 1.40 bits per heavy atom. The van der Waals surface area contributed by atoms with E-state index in [9.17, 15) is 8.78 Å². The van der Waals surface area contributed by atoms with Crippen molar-refractivity contribution in [2.45, 2.75) is 19.4 Å². The molecule has 0 fully saturated rings. The summed E-state index contributed by atoms with van der Waals surface area (Å²) in [6.45, 7) is 1.20. The van der Waals surface area contributed by atoms with Gasteiger partial charge in [-0.25, -0.2) is 8.78 Å². The van der Waals surface area contributed by atoms with Crippen molar-refractivity contribution in [3.8, 4) is 5.75 Å². The van der Waals surface area contributed by atoms with Gasteiger partial charge in [-0.15, -0.1) is 0 Å². The minimum absolute atomic E-state index is 0.0409. The summed E-state index contributed by atoms with van der Waals surface area (Å²) in [5.74, 6) is -0.0368. The number of ether oxygens (including phenoxy) is 1. The zero-order valence-corrected chi connectivity index (χ0v) is 8.67. The van der Waals surface area contributed by atoms with Crippen LogP contribution in [0.5, 0.6) is 5.75 Å². The standard InChI is InChI=1S/C11H15F2NO/c1-8(14)4-9-5-10(13)7-11(6-9)15-3-2-12/h5-8H,2-4,14H2,1H3. The van der Waals surface area contributed by atoms with Gasteiger partial charge in [0.15, 0.2) is 0 Å². The van der Waals surface area contributed by atoms with E-state index in [4.69, 9.17) is 10.5 Å². The van der Waals surface area contributed by atoms with Crippen LogP contribution in [0, 0.1) is 5.82 Å². The zero-order valence-electron chi connectivity index (χ0n) is 8.67. The second-order valence-corrected chi connectivity index (χ2v) is 3.51. The van der Waals surface area contributed by atoms with Crippen LogP contribution in [-0.2, 0) is 6.42 Å². The van der Waals surface area contributed by atoms with E-state index in [0.717, 1.165) is 5.56 Å². The van der Waals surface area contributed by atoms with Crippen LogP contribution in [0.3, 0.4) is 0 Å². The number of rotatable bonds is 5. The molecule has 0 bridgehead atoms. The molecule has 1 aromatic carbocycles. The van der Waals surface area contributed by atoms with Crippen LogP contribution in [0.25, 0.3) is 0 Å². The molecule has 84 valence electrons. The molecule has 0 aromatic heterocycles. The molecular weight excluding hydrogens is 200 g/mol. The molecule has 0 spiro atoms. The van der Waals surface area contributed by atoms with Gasteiger partial charge in [-0.2, -0.15) is 0 Å². The molecule has 2 nitrogen and oxygen atoms in total. The molecular formula is C11H15F2NO. The average molecular weight is 215 g/mol. The number of nitrogens with two attached hydrogens (primary N) is 1. The lowest BCUT2D eigenvalue weighted by molar-refractivity contribution is 0.272. The van der Waals surface area contributed by atoms with E-state index in [1.807, 2.05) is 6.92 Å². The first kappa shape index (κ1) is 11.9. The van der Waals surface area contributed by atoms with Crippen LogP contribution >= 0.6 is 0 Å². The molecule has 0 aliphatic rings. The van der Waals surface area contributed by atoms with Crippen LogP contribution in [-0.4, -0.2) is 19.3 Å². The number of benzene rings is 1. The smallest absolute Gasteiger partial charge is 0.127 e. The lowest BCUT2D eigenvalue weighted by atomic mass is 10.1. The number of hydrogen-bond donors (Lipinski definition) is 1. The van der Waals surface area contributed by atoms with Gasteiger partial charge in [-0.3, -0.25) is 0 Å². The second-order valence-electron chi connectivity index (χ2n) is 3.51. The first-order valence-corrected chi connectivity index (χ1v) is 4.85. The molecule has 0 aliphatic heterocycles. The van der Waals surface area contributed by atoms with Gasteiger partial charge < -0.3 is 10.5 Å². The Kier molecular flexibility index (Phi) is 4.49. The van der Waals surface area contributed by atoms with Crippen LogP contribution in [0.1, 0.15) is 12.5 Å². The fraction of sp³-hybridized carbons (Fsp3) is 0.455. The minimum Gasteiger partial charge on any atom is -0.491 e. The van der Waals surface area contributed by atoms with Gasteiger partial charge in [0.1, 0.15) is 24.8 Å². The second kappa shape index (κ2) is 5.66. The van der Waals surface area contributed by atoms with Gasteiger partial charge in [0, 0.05) is 12.1 Å². The van der Waals surface area contributed by atoms with E-state index in [1.165, 1.54) is 12.1 Å². The van der Waals surface area contributed by atoms with Crippen molar-refractivity contribution in [1.29, 1.82) is 0 Å². The molecule has 0 saturated carbocycles. The molecule has 0 aliphatic carbocycles. The lowest BCUT2D eigenvalue weighted by Gasteiger charge is -2.09. The molecule has 1 atom stereocenters. The van der Waals surface area contributed by atoms with E-state index >= 15 is 0 Å². The summed E-state index contributed by atoms with van der Waals surface area (Å²) < 4.78 is 29.9. The van der Waals surface area contributed by atoms with Gasteiger partial charge in [-0.1, -0.05) is 0 Å². The molecule has 4 heteroatoms. The van der Waals surface area contributed by atoms with E-state index in [-0.39, 0.29) is 18.5 Å². The fourth-order valence-electron chi connectivity index (χ4n) is 1.35. The molecule has 0 radical (unpaired) electrons. The monoisotopic (exact) mass is 215 g/mol. The molecule has 0 heterocycles. The summed E-state index contributed by atoms with van der Waals surface area (Å²) in [5, 5.41) is 0. The summed E-state index contributed by atoms with van der Waals surface area (Å²) >= 11 is 0. The van der Waals surface area contributed by atoms with E-state index < -0.39 is 6.67 Å². The van der Waals surface area contributed by atoms with E-state index in [2.05, 4.69) is 0 Å². The first-order chi connectivity index (χ1) is 7.11. The SMILES string of the molecule is CC(N)Cc1cc(F)cc(OCCF)c1. The van der Waals surface area contributed by atoms with E-state index in [1.54, 1.807) is 6.07 Å². The molecule has 0 saturated heterocycles. The summed E-state index contributed by atoms with van der Waals surface area (Å²) in [6.07, 6.45) is 0.573.